The second-order valence-electron chi connectivity index (χ2n) is 13.6. The summed E-state index contributed by atoms with van der Waals surface area (Å²) < 4.78 is 0. The van der Waals surface area contributed by atoms with Crippen molar-refractivity contribution in [1.29, 1.82) is 0 Å². The predicted molar refractivity (Wildman–Crippen MR) is 138 cm³/mol. The van der Waals surface area contributed by atoms with Gasteiger partial charge in [0.2, 0.25) is 11.6 Å². The lowest BCUT2D eigenvalue weighted by Gasteiger charge is -2.42. The molecular weight excluding hydrogens is 420 g/mol. The molecule has 1 aromatic carbocycles. The third-order valence-electron chi connectivity index (χ3n) is 7.93. The van der Waals surface area contributed by atoms with Crippen LogP contribution in [0.5, 0.6) is 0 Å². The number of rotatable bonds is 0. The summed E-state index contributed by atoms with van der Waals surface area (Å²) in [5.74, 6) is -0.881. The number of Topliss-reactive ketones (excluding diaryl/α,β-unsaturated/α-hetero) is 3. The van der Waals surface area contributed by atoms with Crippen LogP contribution in [-0.4, -0.2) is 17.3 Å². The number of fused-ring (bicyclic) bond motifs is 2. The Labute approximate surface area is 204 Å². The van der Waals surface area contributed by atoms with Crippen LogP contribution in [0.4, 0.5) is 0 Å². The Hall–Kier alpha value is -2.55. The normalized spacial score (nSPS) is 21.9. The van der Waals surface area contributed by atoms with E-state index in [-0.39, 0.29) is 27.4 Å². The van der Waals surface area contributed by atoms with Gasteiger partial charge >= 0.3 is 0 Å². The minimum atomic E-state index is -0.466. The Morgan fingerprint density at radius 1 is 0.618 bits per heavy atom. The predicted octanol–water partition coefficient (Wildman–Crippen LogP) is 7.08. The van der Waals surface area contributed by atoms with E-state index in [4.69, 9.17) is 0 Å². The minimum absolute atomic E-state index is 0.0228. The highest BCUT2D eigenvalue weighted by Gasteiger charge is 2.43. The molecule has 0 fully saturated rings. The van der Waals surface area contributed by atoms with Crippen LogP contribution >= 0.6 is 0 Å². The van der Waals surface area contributed by atoms with Gasteiger partial charge in [-0.05, 0) is 81.0 Å². The van der Waals surface area contributed by atoms with Gasteiger partial charge in [-0.3, -0.25) is 14.4 Å². The molecule has 34 heavy (non-hydrogen) atoms. The van der Waals surface area contributed by atoms with Gasteiger partial charge in [-0.2, -0.15) is 0 Å². The van der Waals surface area contributed by atoms with Crippen molar-refractivity contribution in [2.45, 2.75) is 92.9 Å². The average molecular weight is 459 g/mol. The van der Waals surface area contributed by atoms with E-state index in [9.17, 15) is 14.4 Å². The molecule has 0 saturated carbocycles. The molecule has 0 radical (unpaired) electrons. The van der Waals surface area contributed by atoms with Crippen molar-refractivity contribution in [3.05, 3.63) is 63.3 Å². The zero-order valence-electron chi connectivity index (χ0n) is 22.4. The van der Waals surface area contributed by atoms with E-state index in [2.05, 4.69) is 33.8 Å². The molecule has 3 heteroatoms. The van der Waals surface area contributed by atoms with Gasteiger partial charge in [0, 0.05) is 22.3 Å². The summed E-state index contributed by atoms with van der Waals surface area (Å²) in [5.41, 5.74) is 5.24. The van der Waals surface area contributed by atoms with Crippen LogP contribution in [0, 0.1) is 10.8 Å². The van der Waals surface area contributed by atoms with Crippen molar-refractivity contribution >= 4 is 22.9 Å². The van der Waals surface area contributed by atoms with Crippen LogP contribution in [0.15, 0.2) is 41.0 Å². The summed E-state index contributed by atoms with van der Waals surface area (Å²) in [5, 5.41) is 0. The first-order valence-electron chi connectivity index (χ1n) is 12.4. The van der Waals surface area contributed by atoms with Gasteiger partial charge in [-0.1, -0.05) is 69.2 Å². The topological polar surface area (TPSA) is 51.2 Å². The Balaban J connectivity index is 2.07. The van der Waals surface area contributed by atoms with Crippen molar-refractivity contribution in [2.24, 2.45) is 10.8 Å². The van der Waals surface area contributed by atoms with Crippen LogP contribution in [0.2, 0.25) is 0 Å². The second-order valence-corrected chi connectivity index (χ2v) is 13.6. The van der Waals surface area contributed by atoms with Gasteiger partial charge in [-0.25, -0.2) is 0 Å². The molecular formula is C31H38O3. The number of allylic oxidation sites excluding steroid dienone is 6. The van der Waals surface area contributed by atoms with Gasteiger partial charge in [0.1, 0.15) is 0 Å². The Morgan fingerprint density at radius 2 is 1.03 bits per heavy atom. The standard InChI is InChI=1S/C31H38O3/c1-28(2,3)22-13-17(14-23(26(22)33)29(4,5)6)24-18-15-20-21(16-19(18)25(32)27(24)34)31(9,10)12-11-30(20,7)8/h13-16H,11-12H2,1-10H3. The highest BCUT2D eigenvalue weighted by Crippen LogP contribution is 2.49. The SMILES string of the molecule is CC(C)(C)C1=CC(=C2C(=O)C(=O)c3cc4c(cc32)C(C)(C)CCC4(C)C)C=C(C(C)(C)C)C1=O. The fraction of sp³-hybridized carbons (Fsp3) is 0.516. The van der Waals surface area contributed by atoms with Gasteiger partial charge in [-0.15, -0.1) is 0 Å². The van der Waals surface area contributed by atoms with Crippen LogP contribution in [-0.2, 0) is 20.4 Å². The molecule has 0 aromatic heterocycles. The van der Waals surface area contributed by atoms with Crippen molar-refractivity contribution < 1.29 is 14.4 Å². The van der Waals surface area contributed by atoms with Crippen LogP contribution in [0.1, 0.15) is 109 Å². The zero-order valence-corrected chi connectivity index (χ0v) is 22.4. The third kappa shape index (κ3) is 3.68. The molecule has 1 aromatic rings. The van der Waals surface area contributed by atoms with Crippen LogP contribution < -0.4 is 0 Å². The molecule has 0 spiro atoms. The molecule has 3 nitrogen and oxygen atoms in total. The van der Waals surface area contributed by atoms with Gasteiger partial charge in [0.15, 0.2) is 5.78 Å². The molecule has 0 heterocycles. The largest absolute Gasteiger partial charge is 0.289 e. The van der Waals surface area contributed by atoms with Crippen LogP contribution in [0.3, 0.4) is 0 Å². The van der Waals surface area contributed by atoms with Crippen molar-refractivity contribution in [1.82, 2.24) is 0 Å². The Morgan fingerprint density at radius 3 is 1.44 bits per heavy atom. The molecule has 0 aliphatic heterocycles. The summed E-state index contributed by atoms with van der Waals surface area (Å²) in [6.45, 7) is 21.0. The molecule has 0 atom stereocenters. The summed E-state index contributed by atoms with van der Waals surface area (Å²) in [7, 11) is 0. The fourth-order valence-electron chi connectivity index (χ4n) is 5.54. The number of carbonyl (C=O) groups excluding carboxylic acids is 3. The smallest absolute Gasteiger partial charge is 0.234 e. The maximum atomic E-state index is 13.4. The summed E-state index contributed by atoms with van der Waals surface area (Å²) in [4.78, 5) is 40.1. The number of carbonyl (C=O) groups is 3. The van der Waals surface area contributed by atoms with Gasteiger partial charge in [0.05, 0.1) is 0 Å². The average Bonchev–Trinajstić information content (AvgIpc) is 2.93. The van der Waals surface area contributed by atoms with E-state index in [1.54, 1.807) is 0 Å². The number of hydrogen-bond acceptors (Lipinski definition) is 3. The van der Waals surface area contributed by atoms with Crippen molar-refractivity contribution in [3.63, 3.8) is 0 Å². The summed E-state index contributed by atoms with van der Waals surface area (Å²) >= 11 is 0. The maximum absolute atomic E-state index is 13.4. The van der Waals surface area contributed by atoms with E-state index < -0.39 is 11.6 Å². The molecule has 3 aliphatic rings. The third-order valence-corrected chi connectivity index (χ3v) is 7.93. The molecule has 180 valence electrons. The zero-order chi connectivity index (χ0) is 25.6. The lowest BCUT2D eigenvalue weighted by molar-refractivity contribution is -0.114. The van der Waals surface area contributed by atoms with E-state index in [1.165, 1.54) is 11.1 Å². The highest BCUT2D eigenvalue weighted by molar-refractivity contribution is 6.63. The second kappa shape index (κ2) is 7.23. The Kier molecular flexibility index (Phi) is 5.22. The Bertz CT molecular complexity index is 1210. The monoisotopic (exact) mass is 458 g/mol. The lowest BCUT2D eigenvalue weighted by Crippen LogP contribution is -2.34. The molecule has 0 N–H and O–H groups in total. The first kappa shape index (κ1) is 24.6. The fourth-order valence-corrected chi connectivity index (χ4v) is 5.54. The number of benzene rings is 1. The molecule has 0 unspecified atom stereocenters. The number of hydrogen-bond donors (Lipinski definition) is 0. The van der Waals surface area contributed by atoms with Gasteiger partial charge in [0.25, 0.3) is 0 Å². The van der Waals surface area contributed by atoms with Gasteiger partial charge < -0.3 is 0 Å². The van der Waals surface area contributed by atoms with E-state index >= 15 is 0 Å². The first-order chi connectivity index (χ1) is 15.4. The van der Waals surface area contributed by atoms with Crippen molar-refractivity contribution in [2.75, 3.05) is 0 Å². The summed E-state index contributed by atoms with van der Waals surface area (Å²) in [6, 6.07) is 4.08. The molecule has 0 amide bonds. The molecule has 3 aliphatic carbocycles. The quantitative estimate of drug-likeness (QED) is 0.308. The van der Waals surface area contributed by atoms with Crippen molar-refractivity contribution in [3.8, 4) is 0 Å². The number of ketones is 3. The van der Waals surface area contributed by atoms with E-state index in [0.717, 1.165) is 18.4 Å². The molecule has 0 saturated heterocycles. The summed E-state index contributed by atoms with van der Waals surface area (Å²) in [6.07, 6.45) is 5.79. The molecule has 0 bridgehead atoms. The van der Waals surface area contributed by atoms with E-state index in [0.29, 0.717) is 27.9 Å². The maximum Gasteiger partial charge on any atom is 0.234 e. The lowest BCUT2D eigenvalue weighted by atomic mass is 9.62. The van der Waals surface area contributed by atoms with E-state index in [1.807, 2.05) is 59.8 Å². The minimum Gasteiger partial charge on any atom is -0.289 e. The first-order valence-corrected chi connectivity index (χ1v) is 12.4. The highest BCUT2D eigenvalue weighted by atomic mass is 16.2. The molecule has 4 rings (SSSR count). The van der Waals surface area contributed by atoms with Crippen LogP contribution in [0.25, 0.3) is 5.57 Å².